The predicted molar refractivity (Wildman–Crippen MR) is 128 cm³/mol. The van der Waals surface area contributed by atoms with Crippen LogP contribution in [0.1, 0.15) is 37.8 Å². The highest BCUT2D eigenvalue weighted by molar-refractivity contribution is 7.13. The van der Waals surface area contributed by atoms with E-state index in [4.69, 9.17) is 9.15 Å². The Kier molecular flexibility index (Phi) is 7.71. The monoisotopic (exact) mass is 481 g/mol. The fraction of sp³-hybridized carbons (Fsp3) is 0.333. The van der Waals surface area contributed by atoms with Crippen molar-refractivity contribution >= 4 is 23.3 Å². The molecule has 3 aromatic rings. The molecular weight excluding hydrogens is 454 g/mol. The molecule has 2 amide bonds. The van der Waals surface area contributed by atoms with Gasteiger partial charge in [-0.25, -0.2) is 9.59 Å². The maximum Gasteiger partial charge on any atom is 0.338 e. The van der Waals surface area contributed by atoms with Gasteiger partial charge in [-0.3, -0.25) is 4.90 Å². The normalized spacial score (nSPS) is 15.9. The van der Waals surface area contributed by atoms with Crippen LogP contribution in [0.2, 0.25) is 0 Å². The first kappa shape index (κ1) is 23.7. The van der Waals surface area contributed by atoms with Crippen molar-refractivity contribution in [2.75, 3.05) is 19.7 Å². The number of hydrogen-bond acceptors (Lipinski definition) is 8. The minimum Gasteiger partial charge on any atom is -0.463 e. The molecule has 34 heavy (non-hydrogen) atoms. The number of carbonyl (C=O) groups is 2. The Hall–Kier alpha value is -3.50. The Morgan fingerprint density at radius 3 is 2.68 bits per heavy atom. The second-order valence-electron chi connectivity index (χ2n) is 7.74. The van der Waals surface area contributed by atoms with Crippen LogP contribution in [0.4, 0.5) is 4.79 Å². The summed E-state index contributed by atoms with van der Waals surface area (Å²) in [6.45, 7) is 5.45. The minimum atomic E-state index is -0.610. The van der Waals surface area contributed by atoms with Crippen LogP contribution in [-0.4, -0.2) is 46.8 Å². The molecule has 2 N–H and O–H groups in total. The number of amides is 2. The molecular formula is C24H27N5O4S. The lowest BCUT2D eigenvalue weighted by atomic mass is 9.95. The fourth-order valence-corrected chi connectivity index (χ4v) is 4.49. The van der Waals surface area contributed by atoms with Crippen LogP contribution in [0.3, 0.4) is 0 Å². The van der Waals surface area contributed by atoms with Crippen molar-refractivity contribution in [3.8, 4) is 10.8 Å². The van der Waals surface area contributed by atoms with Crippen LogP contribution in [-0.2, 0) is 16.1 Å². The molecule has 1 unspecified atom stereocenters. The van der Waals surface area contributed by atoms with Crippen molar-refractivity contribution in [1.82, 2.24) is 25.7 Å². The molecule has 4 rings (SSSR count). The van der Waals surface area contributed by atoms with Crippen molar-refractivity contribution in [3.05, 3.63) is 70.6 Å². The van der Waals surface area contributed by atoms with E-state index in [2.05, 4.69) is 32.7 Å². The van der Waals surface area contributed by atoms with E-state index in [1.807, 2.05) is 47.8 Å². The van der Waals surface area contributed by atoms with E-state index in [-0.39, 0.29) is 12.6 Å². The van der Waals surface area contributed by atoms with Crippen LogP contribution in [0, 0.1) is 0 Å². The number of nitrogens with zero attached hydrogens (tertiary/aromatic N) is 3. The molecule has 0 bridgehead atoms. The maximum atomic E-state index is 13.0. The fourth-order valence-electron chi connectivity index (χ4n) is 3.85. The topological polar surface area (TPSA) is 110 Å². The number of ether oxygens (including phenoxy) is 1. The van der Waals surface area contributed by atoms with Gasteiger partial charge in [0.05, 0.1) is 29.6 Å². The summed E-state index contributed by atoms with van der Waals surface area (Å²) in [5, 5.41) is 16.0. The van der Waals surface area contributed by atoms with Crippen LogP contribution in [0.5, 0.6) is 0 Å². The molecule has 1 atom stereocenters. The molecule has 10 heteroatoms. The first-order valence-electron chi connectivity index (χ1n) is 11.2. The summed E-state index contributed by atoms with van der Waals surface area (Å²) in [5.74, 6) is 0.482. The summed E-state index contributed by atoms with van der Waals surface area (Å²) in [6, 6.07) is 12.3. The first-order valence-corrected chi connectivity index (χ1v) is 12.1. The van der Waals surface area contributed by atoms with Gasteiger partial charge >= 0.3 is 12.0 Å². The molecule has 178 valence electrons. The Morgan fingerprint density at radius 2 is 1.97 bits per heavy atom. The van der Waals surface area contributed by atoms with E-state index in [9.17, 15) is 9.59 Å². The van der Waals surface area contributed by atoms with E-state index < -0.39 is 12.0 Å². The molecule has 0 fully saturated rings. The van der Waals surface area contributed by atoms with Crippen LogP contribution >= 0.6 is 11.3 Å². The predicted octanol–water partition coefficient (Wildman–Crippen LogP) is 3.88. The number of nitrogens with one attached hydrogen (secondary N) is 2. The van der Waals surface area contributed by atoms with Crippen LogP contribution < -0.4 is 10.6 Å². The van der Waals surface area contributed by atoms with E-state index in [0.29, 0.717) is 42.7 Å². The summed E-state index contributed by atoms with van der Waals surface area (Å²) in [7, 11) is 0. The summed E-state index contributed by atoms with van der Waals surface area (Å²) in [6.07, 6.45) is 0.863. The number of aromatic nitrogens is 2. The molecule has 0 aliphatic carbocycles. The first-order chi connectivity index (χ1) is 16.6. The van der Waals surface area contributed by atoms with Gasteiger partial charge in [-0.2, -0.15) is 0 Å². The zero-order valence-corrected chi connectivity index (χ0v) is 19.9. The number of esters is 1. The molecule has 2 aromatic heterocycles. The number of urea groups is 1. The van der Waals surface area contributed by atoms with E-state index in [0.717, 1.165) is 16.9 Å². The van der Waals surface area contributed by atoms with Gasteiger partial charge in [0, 0.05) is 12.2 Å². The van der Waals surface area contributed by atoms with Crippen LogP contribution in [0.25, 0.3) is 10.8 Å². The quantitative estimate of drug-likeness (QED) is 0.423. The molecule has 0 spiro atoms. The van der Waals surface area contributed by atoms with Gasteiger partial charge in [-0.15, -0.1) is 21.5 Å². The van der Waals surface area contributed by atoms with Crippen LogP contribution in [0.15, 0.2) is 63.5 Å². The van der Waals surface area contributed by atoms with Crippen molar-refractivity contribution in [1.29, 1.82) is 0 Å². The Balaban J connectivity index is 1.63. The third-order valence-electron chi connectivity index (χ3n) is 5.26. The van der Waals surface area contributed by atoms with Gasteiger partial charge < -0.3 is 19.8 Å². The summed E-state index contributed by atoms with van der Waals surface area (Å²) in [5.41, 5.74) is 1.69. The van der Waals surface area contributed by atoms with Crippen molar-refractivity contribution in [2.45, 2.75) is 32.9 Å². The lowest BCUT2D eigenvalue weighted by Crippen LogP contribution is -2.48. The summed E-state index contributed by atoms with van der Waals surface area (Å²) >= 11 is 1.53. The molecule has 3 heterocycles. The van der Waals surface area contributed by atoms with Crippen molar-refractivity contribution in [2.24, 2.45) is 0 Å². The lowest BCUT2D eigenvalue weighted by Gasteiger charge is -2.31. The van der Waals surface area contributed by atoms with E-state index >= 15 is 0 Å². The average molecular weight is 482 g/mol. The number of carbonyl (C=O) groups excluding carboxylic acids is 2. The molecule has 0 saturated heterocycles. The van der Waals surface area contributed by atoms with E-state index in [1.54, 1.807) is 6.92 Å². The van der Waals surface area contributed by atoms with Crippen molar-refractivity contribution in [3.63, 3.8) is 0 Å². The SMILES string of the molecule is CCCN(CC1=C(C(=O)OCC)C(c2ccccc2)NC(=O)N1)Cc1nnc(-c2cccs2)o1. The highest BCUT2D eigenvalue weighted by atomic mass is 32.1. The molecule has 0 radical (unpaired) electrons. The number of thiophene rings is 1. The highest BCUT2D eigenvalue weighted by Crippen LogP contribution is 2.29. The van der Waals surface area contributed by atoms with Gasteiger partial charge in [-0.1, -0.05) is 43.3 Å². The number of benzene rings is 1. The summed E-state index contributed by atoms with van der Waals surface area (Å²) < 4.78 is 11.2. The third kappa shape index (κ3) is 5.52. The maximum absolute atomic E-state index is 13.0. The van der Waals surface area contributed by atoms with Gasteiger partial charge in [-0.05, 0) is 36.9 Å². The lowest BCUT2D eigenvalue weighted by molar-refractivity contribution is -0.139. The smallest absolute Gasteiger partial charge is 0.338 e. The second kappa shape index (κ2) is 11.1. The van der Waals surface area contributed by atoms with Gasteiger partial charge in [0.2, 0.25) is 5.89 Å². The summed E-state index contributed by atoms with van der Waals surface area (Å²) in [4.78, 5) is 28.5. The second-order valence-corrected chi connectivity index (χ2v) is 8.69. The zero-order chi connectivity index (χ0) is 23.9. The van der Waals surface area contributed by atoms with E-state index in [1.165, 1.54) is 11.3 Å². The minimum absolute atomic E-state index is 0.233. The zero-order valence-electron chi connectivity index (χ0n) is 19.1. The largest absolute Gasteiger partial charge is 0.463 e. The van der Waals surface area contributed by atoms with Gasteiger partial charge in [0.15, 0.2) is 0 Å². The number of rotatable bonds is 10. The number of hydrogen-bond donors (Lipinski definition) is 2. The van der Waals surface area contributed by atoms with Gasteiger partial charge in [0.1, 0.15) is 0 Å². The molecule has 1 aromatic carbocycles. The Bertz CT molecular complexity index is 1140. The molecule has 1 aliphatic rings. The molecule has 9 nitrogen and oxygen atoms in total. The molecule has 1 aliphatic heterocycles. The Morgan fingerprint density at radius 1 is 1.15 bits per heavy atom. The van der Waals surface area contributed by atoms with Crippen molar-refractivity contribution < 1.29 is 18.7 Å². The average Bonchev–Trinajstić information content (AvgIpc) is 3.52. The highest BCUT2D eigenvalue weighted by Gasteiger charge is 2.34. The molecule has 0 saturated carbocycles. The van der Waals surface area contributed by atoms with Gasteiger partial charge in [0.25, 0.3) is 5.89 Å². The Labute approximate surface area is 201 Å². The third-order valence-corrected chi connectivity index (χ3v) is 6.12. The standard InChI is InChI=1S/C24H27N5O4S/c1-3-12-29(15-19-27-28-22(33-19)18-11-8-13-34-18)14-17-20(23(30)32-4-2)21(26-24(31)25-17)16-9-6-5-7-10-16/h5-11,13,21H,3-4,12,14-15H2,1-2H3,(H2,25,26,31).